The van der Waals surface area contributed by atoms with Crippen LogP contribution in [0.4, 0.5) is 0 Å². The molecule has 2 aliphatic heterocycles. The first kappa shape index (κ1) is 26.0. The second-order valence-electron chi connectivity index (χ2n) is 10.8. The maximum absolute atomic E-state index is 13.2. The van der Waals surface area contributed by atoms with E-state index >= 15 is 0 Å². The lowest BCUT2D eigenvalue weighted by atomic mass is 9.88. The molecule has 0 aliphatic carbocycles. The SMILES string of the molecule is COc1ccc(-c2noc(CN3CCC(C(=O)NC4CC(C)(C)Oc5cc(C)ccc54)CC3)n2)cc1OC. The number of hydrogen-bond acceptors (Lipinski definition) is 8. The van der Waals surface area contributed by atoms with Crippen molar-refractivity contribution in [1.82, 2.24) is 20.4 Å². The lowest BCUT2D eigenvalue weighted by Crippen LogP contribution is -2.45. The van der Waals surface area contributed by atoms with E-state index in [-0.39, 0.29) is 23.5 Å². The number of methoxy groups -OCH3 is 2. The molecule has 1 saturated heterocycles. The van der Waals surface area contributed by atoms with Gasteiger partial charge in [-0.1, -0.05) is 17.3 Å². The van der Waals surface area contributed by atoms with E-state index in [0.717, 1.165) is 54.8 Å². The van der Waals surface area contributed by atoms with Gasteiger partial charge in [0, 0.05) is 23.5 Å². The fourth-order valence-electron chi connectivity index (χ4n) is 5.33. The summed E-state index contributed by atoms with van der Waals surface area (Å²) in [5.41, 5.74) is 2.67. The molecular formula is C29H36N4O5. The highest BCUT2D eigenvalue weighted by Crippen LogP contribution is 2.40. The van der Waals surface area contributed by atoms with Crippen LogP contribution >= 0.6 is 0 Å². The van der Waals surface area contributed by atoms with Crippen LogP contribution in [0.3, 0.4) is 0 Å². The molecule has 1 fully saturated rings. The first-order valence-electron chi connectivity index (χ1n) is 13.1. The van der Waals surface area contributed by atoms with Crippen LogP contribution in [0, 0.1) is 12.8 Å². The average molecular weight is 521 g/mol. The fourth-order valence-corrected chi connectivity index (χ4v) is 5.33. The molecule has 1 amide bonds. The number of fused-ring (bicyclic) bond motifs is 1. The van der Waals surface area contributed by atoms with Gasteiger partial charge in [-0.15, -0.1) is 0 Å². The van der Waals surface area contributed by atoms with Gasteiger partial charge >= 0.3 is 0 Å². The summed E-state index contributed by atoms with van der Waals surface area (Å²) in [6, 6.07) is 11.7. The molecule has 0 radical (unpaired) electrons. The van der Waals surface area contributed by atoms with E-state index in [1.807, 2.05) is 18.2 Å². The van der Waals surface area contributed by atoms with Crippen molar-refractivity contribution in [2.45, 2.75) is 58.2 Å². The van der Waals surface area contributed by atoms with Crippen LogP contribution in [0.25, 0.3) is 11.4 Å². The molecule has 3 heterocycles. The molecule has 202 valence electrons. The van der Waals surface area contributed by atoms with Gasteiger partial charge in [-0.3, -0.25) is 9.69 Å². The molecule has 9 nitrogen and oxygen atoms in total. The lowest BCUT2D eigenvalue weighted by Gasteiger charge is -2.39. The highest BCUT2D eigenvalue weighted by Gasteiger charge is 2.36. The normalized spacial score (nSPS) is 19.3. The second kappa shape index (κ2) is 10.6. The smallest absolute Gasteiger partial charge is 0.241 e. The molecule has 3 aromatic rings. The highest BCUT2D eigenvalue weighted by molar-refractivity contribution is 5.79. The molecular weight excluding hydrogens is 484 g/mol. The zero-order chi connectivity index (χ0) is 26.9. The van der Waals surface area contributed by atoms with E-state index in [0.29, 0.717) is 29.8 Å². The summed E-state index contributed by atoms with van der Waals surface area (Å²) >= 11 is 0. The zero-order valence-electron chi connectivity index (χ0n) is 22.7. The Morgan fingerprint density at radius 3 is 2.61 bits per heavy atom. The number of rotatable bonds is 7. The molecule has 0 bridgehead atoms. The van der Waals surface area contributed by atoms with Crippen molar-refractivity contribution < 1.29 is 23.5 Å². The van der Waals surface area contributed by atoms with E-state index in [1.165, 1.54) is 0 Å². The van der Waals surface area contributed by atoms with Crippen LogP contribution in [0.1, 0.15) is 56.2 Å². The zero-order valence-corrected chi connectivity index (χ0v) is 22.7. The molecule has 2 aromatic carbocycles. The minimum atomic E-state index is -0.331. The van der Waals surface area contributed by atoms with E-state index in [4.69, 9.17) is 18.7 Å². The van der Waals surface area contributed by atoms with E-state index in [9.17, 15) is 4.79 Å². The minimum Gasteiger partial charge on any atom is -0.493 e. The Kier molecular flexibility index (Phi) is 7.29. The van der Waals surface area contributed by atoms with Gasteiger partial charge in [0.1, 0.15) is 11.4 Å². The van der Waals surface area contributed by atoms with Gasteiger partial charge in [-0.05, 0) is 76.5 Å². The average Bonchev–Trinajstić information content (AvgIpc) is 3.36. The molecule has 1 N–H and O–H groups in total. The number of hydrogen-bond donors (Lipinski definition) is 1. The quantitative estimate of drug-likeness (QED) is 0.479. The maximum Gasteiger partial charge on any atom is 0.241 e. The van der Waals surface area contributed by atoms with E-state index < -0.39 is 0 Å². The van der Waals surface area contributed by atoms with Crippen molar-refractivity contribution in [3.8, 4) is 28.6 Å². The predicted molar refractivity (Wildman–Crippen MR) is 142 cm³/mol. The van der Waals surface area contributed by atoms with Gasteiger partial charge in [-0.2, -0.15) is 4.98 Å². The number of benzene rings is 2. The number of likely N-dealkylation sites (tertiary alicyclic amines) is 1. The summed E-state index contributed by atoms with van der Waals surface area (Å²) in [7, 11) is 3.19. The number of carbonyl (C=O) groups excluding carboxylic acids is 1. The number of nitrogens with zero attached hydrogens (tertiary/aromatic N) is 3. The van der Waals surface area contributed by atoms with Crippen LogP contribution in [0.2, 0.25) is 0 Å². The number of carbonyl (C=O) groups is 1. The van der Waals surface area contributed by atoms with Crippen LogP contribution in [-0.4, -0.2) is 53.9 Å². The largest absolute Gasteiger partial charge is 0.493 e. The minimum absolute atomic E-state index is 0.0175. The molecule has 0 saturated carbocycles. The first-order valence-corrected chi connectivity index (χ1v) is 13.1. The third-order valence-corrected chi connectivity index (χ3v) is 7.37. The predicted octanol–water partition coefficient (Wildman–Crippen LogP) is 4.69. The lowest BCUT2D eigenvalue weighted by molar-refractivity contribution is -0.127. The monoisotopic (exact) mass is 520 g/mol. The Hall–Kier alpha value is -3.59. The van der Waals surface area contributed by atoms with Gasteiger partial charge in [0.05, 0.1) is 26.8 Å². The van der Waals surface area contributed by atoms with E-state index in [1.54, 1.807) is 14.2 Å². The standard InChI is InChI=1S/C29H36N4O5/c1-18-6-8-21-22(16-29(2,3)37-24(21)14-18)30-28(34)19-10-12-33(13-11-19)17-26-31-27(32-38-26)20-7-9-23(35-4)25(15-20)36-5/h6-9,14-15,19,22H,10-13,16-17H2,1-5H3,(H,30,34). The van der Waals surface area contributed by atoms with Crippen molar-refractivity contribution in [2.75, 3.05) is 27.3 Å². The maximum atomic E-state index is 13.2. The molecule has 9 heteroatoms. The summed E-state index contributed by atoms with van der Waals surface area (Å²) in [6.07, 6.45) is 2.32. The number of aryl methyl sites for hydroxylation is 1. The second-order valence-corrected chi connectivity index (χ2v) is 10.8. The van der Waals surface area contributed by atoms with Gasteiger partial charge < -0.3 is 24.1 Å². The number of piperidine rings is 1. The number of amides is 1. The molecule has 2 aliphatic rings. The molecule has 1 atom stereocenters. The number of nitrogens with one attached hydrogen (secondary N) is 1. The summed E-state index contributed by atoms with van der Waals surface area (Å²) < 4.78 is 22.4. The Morgan fingerprint density at radius 2 is 1.87 bits per heavy atom. The summed E-state index contributed by atoms with van der Waals surface area (Å²) in [6.45, 7) is 8.34. The molecule has 38 heavy (non-hydrogen) atoms. The number of ether oxygens (including phenoxy) is 3. The van der Waals surface area contributed by atoms with E-state index in [2.05, 4.69) is 59.3 Å². The summed E-state index contributed by atoms with van der Waals surface area (Å²) in [5.74, 6) is 3.28. The third kappa shape index (κ3) is 5.62. The molecule has 1 unspecified atom stereocenters. The molecule has 0 spiro atoms. The summed E-state index contributed by atoms with van der Waals surface area (Å²) in [5, 5.41) is 7.47. The van der Waals surface area contributed by atoms with Crippen LogP contribution in [0.15, 0.2) is 40.9 Å². The third-order valence-electron chi connectivity index (χ3n) is 7.37. The Balaban J connectivity index is 1.16. The Labute approximate surface area is 223 Å². The van der Waals surface area contributed by atoms with Gasteiger partial charge in [0.15, 0.2) is 11.5 Å². The van der Waals surface area contributed by atoms with Crippen LogP contribution in [-0.2, 0) is 11.3 Å². The van der Waals surface area contributed by atoms with Crippen LogP contribution in [0.5, 0.6) is 17.2 Å². The first-order chi connectivity index (χ1) is 18.2. The number of aromatic nitrogens is 2. The van der Waals surface area contributed by atoms with Crippen molar-refractivity contribution in [3.05, 3.63) is 53.4 Å². The van der Waals surface area contributed by atoms with Crippen molar-refractivity contribution in [1.29, 1.82) is 0 Å². The van der Waals surface area contributed by atoms with Crippen molar-refractivity contribution >= 4 is 5.91 Å². The van der Waals surface area contributed by atoms with Crippen LogP contribution < -0.4 is 19.5 Å². The molecule has 1 aromatic heterocycles. The topological polar surface area (TPSA) is 99.0 Å². The fraction of sp³-hybridized carbons (Fsp3) is 0.483. The van der Waals surface area contributed by atoms with Crippen molar-refractivity contribution in [3.63, 3.8) is 0 Å². The van der Waals surface area contributed by atoms with Gasteiger partial charge in [-0.25, -0.2) is 0 Å². The molecule has 5 rings (SSSR count). The summed E-state index contributed by atoms with van der Waals surface area (Å²) in [4.78, 5) is 20.1. The highest BCUT2D eigenvalue weighted by atomic mass is 16.5. The van der Waals surface area contributed by atoms with Gasteiger partial charge in [0.25, 0.3) is 0 Å². The Morgan fingerprint density at radius 1 is 1.11 bits per heavy atom. The van der Waals surface area contributed by atoms with Gasteiger partial charge in [0.2, 0.25) is 17.6 Å². The van der Waals surface area contributed by atoms with Crippen molar-refractivity contribution in [2.24, 2.45) is 5.92 Å². The Bertz CT molecular complexity index is 1300.